The first-order valence-electron chi connectivity index (χ1n) is 10.4. The summed E-state index contributed by atoms with van der Waals surface area (Å²) in [5.41, 5.74) is 3.07. The lowest BCUT2D eigenvalue weighted by molar-refractivity contribution is -0.136. The number of aromatic hydroxyl groups is 1. The van der Waals surface area contributed by atoms with Crippen molar-refractivity contribution in [3.8, 4) is 5.75 Å². The Labute approximate surface area is 189 Å². The summed E-state index contributed by atoms with van der Waals surface area (Å²) in [4.78, 5) is 39.1. The Hall–Kier alpha value is -4.24. The molecule has 0 radical (unpaired) electrons. The molecule has 168 valence electrons. The van der Waals surface area contributed by atoms with Crippen LogP contribution in [0, 0.1) is 0 Å². The van der Waals surface area contributed by atoms with Gasteiger partial charge in [0.05, 0.1) is 30.7 Å². The van der Waals surface area contributed by atoms with E-state index in [0.29, 0.717) is 31.9 Å². The first-order chi connectivity index (χ1) is 16.0. The molecule has 0 unspecified atom stereocenters. The van der Waals surface area contributed by atoms with Crippen molar-refractivity contribution in [3.63, 3.8) is 0 Å². The highest BCUT2D eigenvalue weighted by Crippen LogP contribution is 2.25. The molecule has 33 heavy (non-hydrogen) atoms. The van der Waals surface area contributed by atoms with Gasteiger partial charge < -0.3 is 20.1 Å². The van der Waals surface area contributed by atoms with Gasteiger partial charge in [0.2, 0.25) is 0 Å². The van der Waals surface area contributed by atoms with Crippen molar-refractivity contribution in [3.05, 3.63) is 71.8 Å². The monoisotopic (exact) mass is 446 g/mol. The Morgan fingerprint density at radius 3 is 2.48 bits per heavy atom. The van der Waals surface area contributed by atoms with E-state index in [2.05, 4.69) is 15.8 Å². The Kier molecular flexibility index (Phi) is 6.61. The SMILES string of the molecule is O=C(NN=Cc1c(O)ccc2ccccc12)C(=O)Nc1ccccc1C(=O)N1CCOCC1. The second-order valence-corrected chi connectivity index (χ2v) is 7.32. The number of hydrazone groups is 1. The number of amides is 3. The van der Waals surface area contributed by atoms with Gasteiger partial charge in [-0.2, -0.15) is 5.10 Å². The molecule has 9 nitrogen and oxygen atoms in total. The van der Waals surface area contributed by atoms with Gasteiger partial charge in [0.25, 0.3) is 5.91 Å². The van der Waals surface area contributed by atoms with Gasteiger partial charge >= 0.3 is 11.8 Å². The number of ether oxygens (including phenoxy) is 1. The minimum atomic E-state index is -1.01. The van der Waals surface area contributed by atoms with Gasteiger partial charge in [-0.25, -0.2) is 5.43 Å². The fourth-order valence-electron chi connectivity index (χ4n) is 3.52. The third-order valence-corrected chi connectivity index (χ3v) is 5.22. The van der Waals surface area contributed by atoms with Crippen molar-refractivity contribution in [2.75, 3.05) is 31.6 Å². The van der Waals surface area contributed by atoms with Crippen LogP contribution >= 0.6 is 0 Å². The van der Waals surface area contributed by atoms with Crippen LogP contribution in [0.5, 0.6) is 5.75 Å². The number of phenols is 1. The highest BCUT2D eigenvalue weighted by molar-refractivity contribution is 6.40. The topological polar surface area (TPSA) is 120 Å². The molecule has 0 spiro atoms. The average molecular weight is 446 g/mol. The number of fused-ring (bicyclic) bond motifs is 1. The maximum absolute atomic E-state index is 12.8. The molecule has 1 aliphatic heterocycles. The van der Waals surface area contributed by atoms with Gasteiger partial charge in [0.15, 0.2) is 0 Å². The number of rotatable bonds is 4. The summed E-state index contributed by atoms with van der Waals surface area (Å²) >= 11 is 0. The second-order valence-electron chi connectivity index (χ2n) is 7.32. The van der Waals surface area contributed by atoms with Crippen LogP contribution in [-0.2, 0) is 14.3 Å². The molecule has 0 aliphatic carbocycles. The predicted molar refractivity (Wildman–Crippen MR) is 123 cm³/mol. The minimum absolute atomic E-state index is 0.00768. The largest absolute Gasteiger partial charge is 0.507 e. The van der Waals surface area contributed by atoms with E-state index < -0.39 is 11.8 Å². The minimum Gasteiger partial charge on any atom is -0.507 e. The molecule has 3 aromatic rings. The average Bonchev–Trinajstić information content (AvgIpc) is 2.85. The molecular formula is C24H22N4O5. The number of para-hydroxylation sites is 1. The first kappa shape index (κ1) is 22.0. The summed E-state index contributed by atoms with van der Waals surface area (Å²) in [6, 6.07) is 17.2. The summed E-state index contributed by atoms with van der Waals surface area (Å²) in [7, 11) is 0. The van der Waals surface area contributed by atoms with E-state index in [9.17, 15) is 19.5 Å². The van der Waals surface area contributed by atoms with Crippen molar-refractivity contribution >= 4 is 40.4 Å². The highest BCUT2D eigenvalue weighted by atomic mass is 16.5. The molecule has 4 rings (SSSR count). The smallest absolute Gasteiger partial charge is 0.329 e. The first-order valence-corrected chi connectivity index (χ1v) is 10.4. The number of phenolic OH excluding ortho intramolecular Hbond substituents is 1. The molecule has 3 aromatic carbocycles. The van der Waals surface area contributed by atoms with Crippen LogP contribution in [0.2, 0.25) is 0 Å². The molecule has 3 amide bonds. The van der Waals surface area contributed by atoms with Crippen molar-refractivity contribution < 1.29 is 24.2 Å². The number of nitrogens with one attached hydrogen (secondary N) is 2. The molecule has 0 bridgehead atoms. The zero-order chi connectivity index (χ0) is 23.2. The number of carbonyl (C=O) groups excluding carboxylic acids is 3. The van der Waals surface area contributed by atoms with Gasteiger partial charge in [-0.05, 0) is 29.0 Å². The van der Waals surface area contributed by atoms with Crippen LogP contribution in [0.15, 0.2) is 65.8 Å². The number of anilines is 1. The Bertz CT molecular complexity index is 1230. The molecule has 1 heterocycles. The number of carbonyl (C=O) groups is 3. The quantitative estimate of drug-likeness (QED) is 0.322. The van der Waals surface area contributed by atoms with Crippen LogP contribution < -0.4 is 10.7 Å². The molecule has 9 heteroatoms. The van der Waals surface area contributed by atoms with E-state index in [1.54, 1.807) is 35.2 Å². The molecule has 0 atom stereocenters. The molecule has 1 aliphatic rings. The molecule has 0 saturated carbocycles. The fourth-order valence-corrected chi connectivity index (χ4v) is 3.52. The summed E-state index contributed by atoms with van der Waals surface area (Å²) in [5.74, 6) is -2.25. The molecular weight excluding hydrogens is 424 g/mol. The van der Waals surface area contributed by atoms with Crippen LogP contribution in [0.25, 0.3) is 10.8 Å². The van der Waals surface area contributed by atoms with E-state index in [-0.39, 0.29) is 22.9 Å². The van der Waals surface area contributed by atoms with Crippen molar-refractivity contribution in [2.24, 2.45) is 5.10 Å². The lowest BCUT2D eigenvalue weighted by atomic mass is 10.0. The van der Waals surface area contributed by atoms with E-state index in [1.807, 2.05) is 24.3 Å². The van der Waals surface area contributed by atoms with Gasteiger partial charge in [-0.15, -0.1) is 0 Å². The summed E-state index contributed by atoms with van der Waals surface area (Å²) in [5, 5.41) is 18.1. The molecule has 1 saturated heterocycles. The highest BCUT2D eigenvalue weighted by Gasteiger charge is 2.23. The van der Waals surface area contributed by atoms with E-state index in [0.717, 1.165) is 10.8 Å². The number of benzene rings is 3. The maximum atomic E-state index is 12.8. The molecule has 0 aromatic heterocycles. The third-order valence-electron chi connectivity index (χ3n) is 5.22. The van der Waals surface area contributed by atoms with Crippen LogP contribution in [0.1, 0.15) is 15.9 Å². The van der Waals surface area contributed by atoms with Crippen LogP contribution in [-0.4, -0.2) is 60.2 Å². The van der Waals surface area contributed by atoms with Crippen LogP contribution in [0.4, 0.5) is 5.69 Å². The number of hydrogen-bond acceptors (Lipinski definition) is 6. The van der Waals surface area contributed by atoms with Crippen molar-refractivity contribution in [1.29, 1.82) is 0 Å². The van der Waals surface area contributed by atoms with Gasteiger partial charge in [-0.1, -0.05) is 42.5 Å². The van der Waals surface area contributed by atoms with Crippen molar-refractivity contribution in [2.45, 2.75) is 0 Å². The lowest BCUT2D eigenvalue weighted by Crippen LogP contribution is -2.41. The Balaban J connectivity index is 1.44. The Morgan fingerprint density at radius 2 is 1.67 bits per heavy atom. The van der Waals surface area contributed by atoms with E-state index >= 15 is 0 Å². The third kappa shape index (κ3) is 4.99. The number of morpholine rings is 1. The number of hydrogen-bond donors (Lipinski definition) is 3. The maximum Gasteiger partial charge on any atom is 0.329 e. The zero-order valence-electron chi connectivity index (χ0n) is 17.7. The second kappa shape index (κ2) is 9.92. The fraction of sp³-hybridized carbons (Fsp3) is 0.167. The summed E-state index contributed by atoms with van der Waals surface area (Å²) < 4.78 is 5.27. The van der Waals surface area contributed by atoms with Crippen molar-refractivity contribution in [1.82, 2.24) is 10.3 Å². The lowest BCUT2D eigenvalue weighted by Gasteiger charge is -2.27. The number of nitrogens with zero attached hydrogens (tertiary/aromatic N) is 2. The molecule has 1 fully saturated rings. The van der Waals surface area contributed by atoms with Gasteiger partial charge in [-0.3, -0.25) is 14.4 Å². The van der Waals surface area contributed by atoms with E-state index in [1.165, 1.54) is 12.3 Å². The molecule has 3 N–H and O–H groups in total. The standard InChI is InChI=1S/C24H22N4O5/c29-21-10-9-16-5-1-2-6-17(16)19(21)15-25-27-23(31)22(30)26-20-8-4-3-7-18(20)24(32)28-11-13-33-14-12-28/h1-10,15,29H,11-14H2,(H,26,30)(H,27,31). The van der Waals surface area contributed by atoms with Gasteiger partial charge in [0.1, 0.15) is 5.75 Å². The van der Waals surface area contributed by atoms with Gasteiger partial charge in [0, 0.05) is 18.7 Å². The van der Waals surface area contributed by atoms with Crippen LogP contribution in [0.3, 0.4) is 0 Å². The Morgan fingerprint density at radius 1 is 0.939 bits per heavy atom. The summed E-state index contributed by atoms with van der Waals surface area (Å²) in [6.45, 7) is 1.81. The summed E-state index contributed by atoms with van der Waals surface area (Å²) in [6.07, 6.45) is 1.28. The predicted octanol–water partition coefficient (Wildman–Crippen LogP) is 2.11. The zero-order valence-corrected chi connectivity index (χ0v) is 17.7. The normalized spacial score (nSPS) is 13.8. The van der Waals surface area contributed by atoms with E-state index in [4.69, 9.17) is 4.74 Å².